The molecule has 2 fully saturated rings. The lowest BCUT2D eigenvalue weighted by Gasteiger charge is -2.40. The molecule has 2 aliphatic rings. The number of benzene rings is 1. The molecular weight excluding hydrogens is 260 g/mol. The van der Waals surface area contributed by atoms with E-state index in [1.807, 2.05) is 7.05 Å². The molecular formula is C17H28N4. The number of nitrogens with one attached hydrogen (secondary N) is 4. The summed E-state index contributed by atoms with van der Waals surface area (Å²) in [7, 11) is 1.96. The Hall–Kier alpha value is -1.10. The van der Waals surface area contributed by atoms with E-state index in [9.17, 15) is 0 Å². The van der Waals surface area contributed by atoms with Crippen LogP contribution < -0.4 is 21.3 Å². The summed E-state index contributed by atoms with van der Waals surface area (Å²) < 4.78 is 0. The minimum absolute atomic E-state index is 0.396. The van der Waals surface area contributed by atoms with E-state index in [2.05, 4.69) is 52.5 Å². The summed E-state index contributed by atoms with van der Waals surface area (Å²) in [5, 5.41) is 14.2. The molecule has 1 spiro atoms. The first-order valence-electron chi connectivity index (χ1n) is 8.19. The topological polar surface area (TPSA) is 48.1 Å². The lowest BCUT2D eigenvalue weighted by Crippen LogP contribution is -2.50. The summed E-state index contributed by atoms with van der Waals surface area (Å²) in [4.78, 5) is 0. The molecule has 116 valence electrons. The maximum absolute atomic E-state index is 3.88. The third-order valence-corrected chi connectivity index (χ3v) is 5.31. The highest BCUT2D eigenvalue weighted by Crippen LogP contribution is 2.36. The molecule has 4 heteroatoms. The Morgan fingerprint density at radius 3 is 2.52 bits per heavy atom. The minimum Gasteiger partial charge on any atom is -0.388 e. The van der Waals surface area contributed by atoms with Crippen molar-refractivity contribution < 1.29 is 0 Å². The average molecular weight is 288 g/mol. The Balaban J connectivity index is 1.66. The van der Waals surface area contributed by atoms with Gasteiger partial charge in [-0.2, -0.15) is 0 Å². The molecule has 2 aliphatic heterocycles. The first-order valence-corrected chi connectivity index (χ1v) is 8.19. The molecule has 4 nitrogen and oxygen atoms in total. The zero-order valence-corrected chi connectivity index (χ0v) is 13.2. The molecule has 0 aromatic heterocycles. The fourth-order valence-corrected chi connectivity index (χ4v) is 3.83. The number of anilines is 1. The number of hydrogen-bond acceptors (Lipinski definition) is 4. The first kappa shape index (κ1) is 14.8. The monoisotopic (exact) mass is 288 g/mol. The molecule has 2 atom stereocenters. The second-order valence-corrected chi connectivity index (χ2v) is 6.56. The van der Waals surface area contributed by atoms with Gasteiger partial charge in [0.2, 0.25) is 0 Å². The third kappa shape index (κ3) is 3.07. The lowest BCUT2D eigenvalue weighted by atomic mass is 9.74. The molecule has 4 N–H and O–H groups in total. The zero-order chi connectivity index (χ0) is 14.7. The Bertz CT molecular complexity index is 450. The molecule has 2 saturated heterocycles. The van der Waals surface area contributed by atoms with E-state index in [1.165, 1.54) is 24.1 Å². The van der Waals surface area contributed by atoms with Crippen molar-refractivity contribution in [2.45, 2.75) is 31.8 Å². The van der Waals surface area contributed by atoms with E-state index >= 15 is 0 Å². The van der Waals surface area contributed by atoms with Crippen LogP contribution in [0.1, 0.15) is 31.4 Å². The third-order valence-electron chi connectivity index (χ3n) is 5.31. The van der Waals surface area contributed by atoms with Crippen LogP contribution in [0.25, 0.3) is 0 Å². The van der Waals surface area contributed by atoms with Crippen molar-refractivity contribution in [3.05, 3.63) is 29.8 Å². The Morgan fingerprint density at radius 1 is 1.14 bits per heavy atom. The van der Waals surface area contributed by atoms with Gasteiger partial charge in [-0.1, -0.05) is 12.1 Å². The Labute approximate surface area is 128 Å². The standard InChI is InChI=1S/C17H28N4/c1-13(14-3-5-15(18-2)6-4-14)21-16-11-20-12-17(16)7-9-19-10-8-17/h3-6,13,16,18-21H,7-12H2,1-2H3/t13-,16-/m1/s1. The quantitative estimate of drug-likeness (QED) is 0.681. The van der Waals surface area contributed by atoms with Crippen LogP contribution in [0.2, 0.25) is 0 Å². The SMILES string of the molecule is CNc1ccc([C@@H](C)N[C@@H]2CNCC23CCNCC3)cc1. The van der Waals surface area contributed by atoms with Crippen molar-refractivity contribution in [2.24, 2.45) is 5.41 Å². The molecule has 1 aromatic carbocycles. The van der Waals surface area contributed by atoms with E-state index in [1.54, 1.807) is 0 Å². The predicted octanol–water partition coefficient (Wildman–Crippen LogP) is 1.72. The molecule has 0 amide bonds. The van der Waals surface area contributed by atoms with Gasteiger partial charge in [0.15, 0.2) is 0 Å². The molecule has 21 heavy (non-hydrogen) atoms. The van der Waals surface area contributed by atoms with Crippen molar-refractivity contribution in [1.29, 1.82) is 0 Å². The van der Waals surface area contributed by atoms with Crippen LogP contribution >= 0.6 is 0 Å². The second kappa shape index (κ2) is 6.34. The number of rotatable bonds is 4. The van der Waals surface area contributed by atoms with E-state index in [0.717, 1.165) is 26.2 Å². The van der Waals surface area contributed by atoms with Crippen LogP contribution in [0.15, 0.2) is 24.3 Å². The maximum atomic E-state index is 3.88. The number of piperidine rings is 1. The van der Waals surface area contributed by atoms with Crippen LogP contribution in [0.4, 0.5) is 5.69 Å². The first-order chi connectivity index (χ1) is 10.2. The van der Waals surface area contributed by atoms with E-state index in [-0.39, 0.29) is 0 Å². The summed E-state index contributed by atoms with van der Waals surface area (Å²) in [6.45, 7) is 6.86. The average Bonchev–Trinajstić information content (AvgIpc) is 2.90. The summed E-state index contributed by atoms with van der Waals surface area (Å²) in [6, 6.07) is 9.73. The highest BCUT2D eigenvalue weighted by molar-refractivity contribution is 5.44. The molecule has 3 rings (SSSR count). The molecule has 0 unspecified atom stereocenters. The molecule has 0 radical (unpaired) electrons. The van der Waals surface area contributed by atoms with Gasteiger partial charge in [-0.05, 0) is 50.6 Å². The Morgan fingerprint density at radius 2 is 1.86 bits per heavy atom. The van der Waals surface area contributed by atoms with E-state index < -0.39 is 0 Å². The van der Waals surface area contributed by atoms with Gasteiger partial charge in [-0.15, -0.1) is 0 Å². The maximum Gasteiger partial charge on any atom is 0.0337 e. The minimum atomic E-state index is 0.396. The van der Waals surface area contributed by atoms with E-state index in [4.69, 9.17) is 0 Å². The summed E-state index contributed by atoms with van der Waals surface area (Å²) in [5.41, 5.74) is 2.98. The number of hydrogen-bond donors (Lipinski definition) is 4. The van der Waals surface area contributed by atoms with Gasteiger partial charge in [0.1, 0.15) is 0 Å². The van der Waals surface area contributed by atoms with Crippen molar-refractivity contribution in [3.8, 4) is 0 Å². The van der Waals surface area contributed by atoms with Gasteiger partial charge < -0.3 is 21.3 Å². The Kier molecular flexibility index (Phi) is 4.48. The molecule has 0 saturated carbocycles. The van der Waals surface area contributed by atoms with Gasteiger partial charge in [0.05, 0.1) is 0 Å². The van der Waals surface area contributed by atoms with Crippen molar-refractivity contribution >= 4 is 5.69 Å². The highest BCUT2D eigenvalue weighted by atomic mass is 15.1. The molecule has 0 bridgehead atoms. The fraction of sp³-hybridized carbons (Fsp3) is 0.647. The summed E-state index contributed by atoms with van der Waals surface area (Å²) in [6.07, 6.45) is 2.56. The smallest absolute Gasteiger partial charge is 0.0337 e. The lowest BCUT2D eigenvalue weighted by molar-refractivity contribution is 0.172. The van der Waals surface area contributed by atoms with Gasteiger partial charge in [0.25, 0.3) is 0 Å². The van der Waals surface area contributed by atoms with E-state index in [0.29, 0.717) is 17.5 Å². The molecule has 1 aromatic rings. The van der Waals surface area contributed by atoms with Crippen LogP contribution in [0, 0.1) is 5.41 Å². The van der Waals surface area contributed by atoms with Gasteiger partial charge >= 0.3 is 0 Å². The highest BCUT2D eigenvalue weighted by Gasteiger charge is 2.43. The molecule has 0 aliphatic carbocycles. The largest absolute Gasteiger partial charge is 0.388 e. The van der Waals surface area contributed by atoms with Gasteiger partial charge in [0, 0.05) is 43.3 Å². The summed E-state index contributed by atoms with van der Waals surface area (Å²) >= 11 is 0. The van der Waals surface area contributed by atoms with Crippen molar-refractivity contribution in [2.75, 3.05) is 38.5 Å². The van der Waals surface area contributed by atoms with Crippen LogP contribution in [-0.2, 0) is 0 Å². The van der Waals surface area contributed by atoms with Crippen LogP contribution in [-0.4, -0.2) is 39.3 Å². The zero-order valence-electron chi connectivity index (χ0n) is 13.2. The van der Waals surface area contributed by atoms with Gasteiger partial charge in [-0.3, -0.25) is 0 Å². The van der Waals surface area contributed by atoms with Gasteiger partial charge in [-0.25, -0.2) is 0 Å². The second-order valence-electron chi connectivity index (χ2n) is 6.56. The van der Waals surface area contributed by atoms with Crippen LogP contribution in [0.5, 0.6) is 0 Å². The summed E-state index contributed by atoms with van der Waals surface area (Å²) in [5.74, 6) is 0. The molecule has 2 heterocycles. The van der Waals surface area contributed by atoms with Crippen molar-refractivity contribution in [1.82, 2.24) is 16.0 Å². The normalized spacial score (nSPS) is 25.9. The van der Waals surface area contributed by atoms with Crippen molar-refractivity contribution in [3.63, 3.8) is 0 Å². The van der Waals surface area contributed by atoms with Crippen LogP contribution in [0.3, 0.4) is 0 Å². The predicted molar refractivity (Wildman–Crippen MR) is 88.7 cm³/mol. The fourth-order valence-electron chi connectivity index (χ4n) is 3.83.